The van der Waals surface area contributed by atoms with E-state index in [1.54, 1.807) is 55.6 Å². The summed E-state index contributed by atoms with van der Waals surface area (Å²) < 4.78 is 16.2. The lowest BCUT2D eigenvalue weighted by molar-refractivity contribution is -0.140. The van der Waals surface area contributed by atoms with Crippen LogP contribution in [0.5, 0.6) is 17.2 Å². The van der Waals surface area contributed by atoms with Gasteiger partial charge < -0.3 is 24.2 Å². The van der Waals surface area contributed by atoms with E-state index in [0.29, 0.717) is 33.4 Å². The lowest BCUT2D eigenvalue weighted by atomic mass is 9.95. The molecule has 1 atom stereocenters. The van der Waals surface area contributed by atoms with Gasteiger partial charge in [0.1, 0.15) is 11.5 Å². The summed E-state index contributed by atoms with van der Waals surface area (Å²) in [7, 11) is 1.54. The molecule has 5 rings (SSSR count). The Morgan fingerprint density at radius 1 is 1.06 bits per heavy atom. The van der Waals surface area contributed by atoms with Gasteiger partial charge in [-0.15, -0.1) is 0 Å². The molecule has 0 aliphatic carbocycles. The third kappa shape index (κ3) is 3.74. The van der Waals surface area contributed by atoms with E-state index in [-0.39, 0.29) is 24.7 Å². The summed E-state index contributed by atoms with van der Waals surface area (Å²) in [4.78, 5) is 27.9. The molecule has 1 unspecified atom stereocenters. The largest absolute Gasteiger partial charge is 0.507 e. The number of ketones is 1. The molecule has 0 saturated carbocycles. The van der Waals surface area contributed by atoms with E-state index in [9.17, 15) is 14.7 Å². The highest BCUT2D eigenvalue weighted by atomic mass is 35.5. The van der Waals surface area contributed by atoms with Crippen LogP contribution in [0.2, 0.25) is 5.02 Å². The normalized spacial score (nSPS) is 18.4. The predicted molar refractivity (Wildman–Crippen MR) is 125 cm³/mol. The summed E-state index contributed by atoms with van der Waals surface area (Å²) >= 11 is 6.08. The number of carbonyl (C=O) groups excluding carboxylic acids is 2. The fourth-order valence-electron chi connectivity index (χ4n) is 4.25. The van der Waals surface area contributed by atoms with Gasteiger partial charge in [0.25, 0.3) is 11.7 Å². The quantitative estimate of drug-likeness (QED) is 0.326. The number of methoxy groups -OCH3 is 1. The average Bonchev–Trinajstić information content (AvgIpc) is 3.42. The van der Waals surface area contributed by atoms with Gasteiger partial charge in [-0.1, -0.05) is 41.9 Å². The molecular formula is C26H20ClNO6. The minimum Gasteiger partial charge on any atom is -0.507 e. The number of likely N-dealkylation sites (tertiary alicyclic amines) is 1. The molecule has 3 aromatic carbocycles. The van der Waals surface area contributed by atoms with E-state index in [2.05, 4.69) is 0 Å². The summed E-state index contributed by atoms with van der Waals surface area (Å²) in [5.41, 5.74) is 1.70. The summed E-state index contributed by atoms with van der Waals surface area (Å²) in [6.45, 7) is 0.188. The second-order valence-electron chi connectivity index (χ2n) is 7.86. The van der Waals surface area contributed by atoms with Crippen molar-refractivity contribution in [2.75, 3.05) is 13.9 Å². The van der Waals surface area contributed by atoms with E-state index in [1.165, 1.54) is 4.90 Å². The average molecular weight is 478 g/mol. The number of hydrogen-bond donors (Lipinski definition) is 1. The number of carbonyl (C=O) groups is 2. The Hall–Kier alpha value is -3.97. The van der Waals surface area contributed by atoms with Crippen molar-refractivity contribution in [2.45, 2.75) is 12.6 Å². The maximum absolute atomic E-state index is 13.2. The highest BCUT2D eigenvalue weighted by molar-refractivity contribution is 6.46. The Morgan fingerprint density at radius 2 is 1.79 bits per heavy atom. The van der Waals surface area contributed by atoms with Crippen LogP contribution >= 0.6 is 11.6 Å². The SMILES string of the molecule is COc1ccccc1CN1C(=O)C(=O)/C(=C(\O)c2ccc3c(c2)OCO3)C1c1ccc(Cl)cc1. The highest BCUT2D eigenvalue weighted by Gasteiger charge is 2.46. The molecule has 3 aromatic rings. The van der Waals surface area contributed by atoms with Crippen LogP contribution in [-0.2, 0) is 16.1 Å². The number of ether oxygens (including phenoxy) is 3. The van der Waals surface area contributed by atoms with Gasteiger partial charge >= 0.3 is 0 Å². The molecule has 8 heteroatoms. The molecule has 0 spiro atoms. The van der Waals surface area contributed by atoms with Gasteiger partial charge in [-0.25, -0.2) is 0 Å². The zero-order valence-corrected chi connectivity index (χ0v) is 18.9. The van der Waals surface area contributed by atoms with Gasteiger partial charge in [0, 0.05) is 16.1 Å². The fourth-order valence-corrected chi connectivity index (χ4v) is 4.38. The molecule has 0 bridgehead atoms. The van der Waals surface area contributed by atoms with Crippen LogP contribution in [0.25, 0.3) is 5.76 Å². The number of para-hydroxylation sites is 1. The lowest BCUT2D eigenvalue weighted by Gasteiger charge is -2.26. The highest BCUT2D eigenvalue weighted by Crippen LogP contribution is 2.42. The maximum Gasteiger partial charge on any atom is 0.295 e. The van der Waals surface area contributed by atoms with Crippen molar-refractivity contribution < 1.29 is 28.9 Å². The summed E-state index contributed by atoms with van der Waals surface area (Å²) in [6, 6.07) is 18.1. The Labute approximate surface area is 200 Å². The first-order valence-corrected chi connectivity index (χ1v) is 10.9. The third-order valence-corrected chi connectivity index (χ3v) is 6.16. The number of Topliss-reactive ketones (excluding diaryl/α,β-unsaturated/α-hetero) is 1. The standard InChI is InChI=1S/C26H20ClNO6/c1-32-19-5-3-2-4-17(19)13-28-23(15-6-9-18(27)10-7-15)22(25(30)26(28)31)24(29)16-8-11-20-21(12-16)34-14-33-20/h2-12,23,29H,13-14H2,1H3/b24-22-. The molecular weight excluding hydrogens is 458 g/mol. The first-order chi connectivity index (χ1) is 16.5. The monoisotopic (exact) mass is 477 g/mol. The number of halogens is 1. The number of benzene rings is 3. The minimum absolute atomic E-state index is 0.0129. The van der Waals surface area contributed by atoms with Crippen LogP contribution in [0.3, 0.4) is 0 Å². The number of aliphatic hydroxyl groups excluding tert-OH is 1. The molecule has 1 amide bonds. The van der Waals surface area contributed by atoms with E-state index in [0.717, 1.165) is 5.56 Å². The van der Waals surface area contributed by atoms with Crippen LogP contribution in [0.1, 0.15) is 22.7 Å². The first-order valence-electron chi connectivity index (χ1n) is 10.5. The van der Waals surface area contributed by atoms with Crippen LogP contribution < -0.4 is 14.2 Å². The van der Waals surface area contributed by atoms with Crippen LogP contribution in [-0.4, -0.2) is 35.6 Å². The second-order valence-corrected chi connectivity index (χ2v) is 8.29. The maximum atomic E-state index is 13.2. The third-order valence-electron chi connectivity index (χ3n) is 5.90. The zero-order valence-electron chi connectivity index (χ0n) is 18.2. The van der Waals surface area contributed by atoms with Gasteiger partial charge in [0.2, 0.25) is 6.79 Å². The van der Waals surface area contributed by atoms with Gasteiger partial charge in [0.15, 0.2) is 11.5 Å². The van der Waals surface area contributed by atoms with Crippen LogP contribution in [0.4, 0.5) is 0 Å². The predicted octanol–water partition coefficient (Wildman–Crippen LogP) is 4.70. The van der Waals surface area contributed by atoms with Gasteiger partial charge in [-0.05, 0) is 42.0 Å². The Bertz CT molecular complexity index is 1320. The van der Waals surface area contributed by atoms with Gasteiger partial charge in [-0.2, -0.15) is 0 Å². The van der Waals surface area contributed by atoms with E-state index in [1.807, 2.05) is 18.2 Å². The number of fused-ring (bicyclic) bond motifs is 1. The van der Waals surface area contributed by atoms with E-state index >= 15 is 0 Å². The van der Waals surface area contributed by atoms with E-state index in [4.69, 9.17) is 25.8 Å². The Morgan fingerprint density at radius 3 is 2.56 bits per heavy atom. The molecule has 2 heterocycles. The minimum atomic E-state index is -0.826. The zero-order chi connectivity index (χ0) is 23.8. The van der Waals surface area contributed by atoms with Crippen molar-refractivity contribution in [1.82, 2.24) is 4.90 Å². The molecule has 34 heavy (non-hydrogen) atoms. The van der Waals surface area contributed by atoms with Gasteiger partial charge in [-0.3, -0.25) is 9.59 Å². The van der Waals surface area contributed by atoms with Crippen molar-refractivity contribution >= 4 is 29.1 Å². The Balaban J connectivity index is 1.64. The smallest absolute Gasteiger partial charge is 0.295 e. The number of hydrogen-bond acceptors (Lipinski definition) is 6. The second kappa shape index (κ2) is 8.76. The van der Waals surface area contributed by atoms with Crippen molar-refractivity contribution in [3.05, 3.63) is 94.0 Å². The van der Waals surface area contributed by atoms with Gasteiger partial charge in [0.05, 0.1) is 25.3 Å². The van der Waals surface area contributed by atoms with E-state index < -0.39 is 17.7 Å². The van der Waals surface area contributed by atoms with Crippen molar-refractivity contribution in [3.8, 4) is 17.2 Å². The van der Waals surface area contributed by atoms with Crippen LogP contribution in [0, 0.1) is 0 Å². The van der Waals surface area contributed by atoms with Crippen molar-refractivity contribution in [2.24, 2.45) is 0 Å². The fraction of sp³-hybridized carbons (Fsp3) is 0.154. The van der Waals surface area contributed by atoms with Crippen LogP contribution in [0.15, 0.2) is 72.3 Å². The summed E-state index contributed by atoms with van der Waals surface area (Å²) in [5, 5.41) is 11.8. The summed E-state index contributed by atoms with van der Waals surface area (Å²) in [6.07, 6.45) is 0. The number of amides is 1. The summed E-state index contributed by atoms with van der Waals surface area (Å²) in [5.74, 6) is -0.190. The number of rotatable bonds is 5. The number of nitrogens with zero attached hydrogens (tertiary/aromatic N) is 1. The van der Waals surface area contributed by atoms with Crippen molar-refractivity contribution in [3.63, 3.8) is 0 Å². The molecule has 0 aromatic heterocycles. The topological polar surface area (TPSA) is 85.3 Å². The molecule has 2 aliphatic heterocycles. The molecule has 1 fully saturated rings. The number of aliphatic hydroxyl groups is 1. The molecule has 0 radical (unpaired) electrons. The Kier molecular flexibility index (Phi) is 5.63. The first kappa shape index (κ1) is 21.9. The molecule has 7 nitrogen and oxygen atoms in total. The lowest BCUT2D eigenvalue weighted by Crippen LogP contribution is -2.29. The molecule has 1 N–H and O–H groups in total. The molecule has 172 valence electrons. The molecule has 2 aliphatic rings. The molecule has 1 saturated heterocycles. The van der Waals surface area contributed by atoms with Crippen molar-refractivity contribution in [1.29, 1.82) is 0 Å².